The first-order chi connectivity index (χ1) is 13.1. The monoisotopic (exact) mass is 383 g/mol. The van der Waals surface area contributed by atoms with Crippen molar-refractivity contribution < 1.29 is 14.0 Å². The van der Waals surface area contributed by atoms with E-state index in [-0.39, 0.29) is 17.6 Å². The summed E-state index contributed by atoms with van der Waals surface area (Å²) >= 11 is 1.63. The molecule has 2 unspecified atom stereocenters. The van der Waals surface area contributed by atoms with E-state index in [2.05, 4.69) is 15.8 Å². The third-order valence-corrected chi connectivity index (χ3v) is 5.92. The Bertz CT molecular complexity index is 917. The topological polar surface area (TPSA) is 70.6 Å². The maximum atomic E-state index is 13.6. The minimum atomic E-state index is -0.832. The minimum Gasteiger partial charge on any atom is -0.355 e. The molecule has 2 aromatic rings. The fraction of sp³-hybridized carbons (Fsp3) is 0.250. The van der Waals surface area contributed by atoms with Crippen molar-refractivity contribution in [2.45, 2.75) is 17.2 Å². The van der Waals surface area contributed by atoms with Gasteiger partial charge >= 0.3 is 0 Å². The van der Waals surface area contributed by atoms with Crippen LogP contribution in [0.4, 0.5) is 4.39 Å². The molecule has 2 heterocycles. The first-order valence-corrected chi connectivity index (χ1v) is 9.74. The first kappa shape index (κ1) is 17.7. The molecule has 2 aliphatic heterocycles. The summed E-state index contributed by atoms with van der Waals surface area (Å²) in [4.78, 5) is 25.9. The van der Waals surface area contributed by atoms with Crippen molar-refractivity contribution in [1.82, 2.24) is 10.7 Å². The summed E-state index contributed by atoms with van der Waals surface area (Å²) in [6, 6.07) is 14.1. The van der Waals surface area contributed by atoms with Crippen LogP contribution in [-0.2, 0) is 9.59 Å². The number of nitrogens with zero attached hydrogens (tertiary/aromatic N) is 1. The number of hydrazone groups is 1. The maximum absolute atomic E-state index is 13.6. The van der Waals surface area contributed by atoms with E-state index in [0.717, 1.165) is 16.2 Å². The van der Waals surface area contributed by atoms with Gasteiger partial charge in [-0.05, 0) is 23.8 Å². The molecule has 138 valence electrons. The van der Waals surface area contributed by atoms with Crippen LogP contribution in [0, 0.1) is 11.7 Å². The molecule has 0 aliphatic carbocycles. The molecule has 5 nitrogen and oxygen atoms in total. The van der Waals surface area contributed by atoms with Gasteiger partial charge in [0.2, 0.25) is 5.91 Å². The van der Waals surface area contributed by atoms with E-state index in [9.17, 15) is 14.0 Å². The van der Waals surface area contributed by atoms with Gasteiger partial charge in [-0.3, -0.25) is 9.59 Å². The summed E-state index contributed by atoms with van der Waals surface area (Å²) in [5.41, 5.74) is 4.80. The van der Waals surface area contributed by atoms with Gasteiger partial charge in [0, 0.05) is 35.1 Å². The van der Waals surface area contributed by atoms with Gasteiger partial charge in [0.25, 0.3) is 5.91 Å². The van der Waals surface area contributed by atoms with E-state index in [4.69, 9.17) is 0 Å². The Morgan fingerprint density at radius 2 is 2.04 bits per heavy atom. The molecule has 4 rings (SSSR count). The first-order valence-electron chi connectivity index (χ1n) is 8.75. The number of hydrogen-bond acceptors (Lipinski definition) is 4. The van der Waals surface area contributed by atoms with E-state index >= 15 is 0 Å². The van der Waals surface area contributed by atoms with Crippen LogP contribution < -0.4 is 10.7 Å². The Balaban J connectivity index is 1.55. The molecular formula is C20H18FN3O2S. The van der Waals surface area contributed by atoms with Gasteiger partial charge in [0.15, 0.2) is 0 Å². The van der Waals surface area contributed by atoms with Gasteiger partial charge in [-0.15, -0.1) is 11.8 Å². The fourth-order valence-electron chi connectivity index (χ4n) is 3.49. The average molecular weight is 383 g/mol. The number of hydrogen-bond donors (Lipinski definition) is 2. The van der Waals surface area contributed by atoms with Crippen molar-refractivity contribution in [3.05, 3.63) is 65.5 Å². The summed E-state index contributed by atoms with van der Waals surface area (Å²) in [5.74, 6) is -1.33. The standard InChI is InChI=1S/C20H18FN3O2S/c21-13-6-7-17-14(10-13)16(8-9-27-17)23-24-20(26)18-15(11-22-19(18)25)12-4-2-1-3-5-12/h1-7,10,15,18H,8-9,11H2,(H,22,25)(H,24,26)/b23-16-. The van der Waals surface area contributed by atoms with Gasteiger partial charge < -0.3 is 5.32 Å². The van der Waals surface area contributed by atoms with Crippen LogP contribution in [0.1, 0.15) is 23.5 Å². The zero-order chi connectivity index (χ0) is 18.8. The number of halogens is 1. The second-order valence-corrected chi connectivity index (χ2v) is 7.65. The summed E-state index contributed by atoms with van der Waals surface area (Å²) in [6.07, 6.45) is 0.625. The molecule has 0 saturated carbocycles. The van der Waals surface area contributed by atoms with Crippen molar-refractivity contribution in [3.8, 4) is 0 Å². The van der Waals surface area contributed by atoms with Crippen LogP contribution in [0.25, 0.3) is 0 Å². The zero-order valence-electron chi connectivity index (χ0n) is 14.4. The normalized spacial score (nSPS) is 23.0. The molecule has 1 fully saturated rings. The van der Waals surface area contributed by atoms with Crippen molar-refractivity contribution in [1.29, 1.82) is 0 Å². The van der Waals surface area contributed by atoms with Crippen LogP contribution in [0.3, 0.4) is 0 Å². The SMILES string of the molecule is O=C1NCC(c2ccccc2)C1C(=O)N/N=C1/CCSc2ccc(F)cc21. The second-order valence-electron chi connectivity index (χ2n) is 6.51. The van der Waals surface area contributed by atoms with E-state index in [1.807, 2.05) is 30.3 Å². The molecule has 2 amide bonds. The number of thioether (sulfide) groups is 1. The maximum Gasteiger partial charge on any atom is 0.253 e. The molecule has 0 bridgehead atoms. The highest BCUT2D eigenvalue weighted by atomic mass is 32.2. The highest BCUT2D eigenvalue weighted by molar-refractivity contribution is 7.99. The molecule has 2 aromatic carbocycles. The van der Waals surface area contributed by atoms with Crippen molar-refractivity contribution >= 4 is 29.3 Å². The van der Waals surface area contributed by atoms with Crippen molar-refractivity contribution in [2.24, 2.45) is 11.0 Å². The third-order valence-electron chi connectivity index (χ3n) is 4.84. The summed E-state index contributed by atoms with van der Waals surface area (Å²) in [6.45, 7) is 0.419. The van der Waals surface area contributed by atoms with E-state index in [1.165, 1.54) is 12.1 Å². The summed E-state index contributed by atoms with van der Waals surface area (Å²) < 4.78 is 13.6. The molecule has 0 radical (unpaired) electrons. The number of fused-ring (bicyclic) bond motifs is 1. The van der Waals surface area contributed by atoms with Gasteiger partial charge in [-0.2, -0.15) is 5.10 Å². The number of carbonyl (C=O) groups excluding carboxylic acids is 2. The number of carbonyl (C=O) groups is 2. The molecule has 0 aromatic heterocycles. The highest BCUT2D eigenvalue weighted by Crippen LogP contribution is 2.31. The van der Waals surface area contributed by atoms with Gasteiger partial charge in [0.05, 0.1) is 5.71 Å². The summed E-state index contributed by atoms with van der Waals surface area (Å²) in [5, 5.41) is 6.99. The Labute approximate surface area is 160 Å². The summed E-state index contributed by atoms with van der Waals surface area (Å²) in [7, 11) is 0. The van der Waals surface area contributed by atoms with Crippen LogP contribution in [0.5, 0.6) is 0 Å². The van der Waals surface area contributed by atoms with Crippen LogP contribution in [-0.4, -0.2) is 29.8 Å². The quantitative estimate of drug-likeness (QED) is 0.632. The van der Waals surface area contributed by atoms with Gasteiger partial charge in [-0.1, -0.05) is 30.3 Å². The lowest BCUT2D eigenvalue weighted by Gasteiger charge is -2.19. The lowest BCUT2D eigenvalue weighted by atomic mass is 9.88. The molecular weight excluding hydrogens is 365 g/mol. The second kappa shape index (κ2) is 7.52. The average Bonchev–Trinajstić information content (AvgIpc) is 3.08. The smallest absolute Gasteiger partial charge is 0.253 e. The number of rotatable bonds is 3. The highest BCUT2D eigenvalue weighted by Gasteiger charge is 2.41. The Hall–Kier alpha value is -2.67. The third kappa shape index (κ3) is 3.60. The molecule has 0 spiro atoms. The Kier molecular flexibility index (Phi) is 4.94. The van der Waals surface area contributed by atoms with Gasteiger partial charge in [0.1, 0.15) is 11.7 Å². The van der Waals surface area contributed by atoms with Crippen LogP contribution >= 0.6 is 11.8 Å². The predicted molar refractivity (Wildman–Crippen MR) is 102 cm³/mol. The lowest BCUT2D eigenvalue weighted by molar-refractivity contribution is -0.133. The zero-order valence-corrected chi connectivity index (χ0v) is 15.3. The predicted octanol–water partition coefficient (Wildman–Crippen LogP) is 2.67. The Morgan fingerprint density at radius 1 is 1.22 bits per heavy atom. The van der Waals surface area contributed by atoms with Crippen molar-refractivity contribution in [3.63, 3.8) is 0 Å². The molecule has 2 aliphatic rings. The molecule has 1 saturated heterocycles. The number of amides is 2. The van der Waals surface area contributed by atoms with Gasteiger partial charge in [-0.25, -0.2) is 9.82 Å². The van der Waals surface area contributed by atoms with E-state index < -0.39 is 11.8 Å². The molecule has 7 heteroatoms. The van der Waals surface area contributed by atoms with E-state index in [1.54, 1.807) is 17.8 Å². The van der Waals surface area contributed by atoms with Crippen molar-refractivity contribution in [2.75, 3.05) is 12.3 Å². The molecule has 2 N–H and O–H groups in total. The van der Waals surface area contributed by atoms with E-state index in [0.29, 0.717) is 24.2 Å². The fourth-order valence-corrected chi connectivity index (χ4v) is 4.50. The molecule has 27 heavy (non-hydrogen) atoms. The minimum absolute atomic E-state index is 0.231. The molecule has 2 atom stereocenters. The largest absolute Gasteiger partial charge is 0.355 e. The van der Waals surface area contributed by atoms with Crippen LogP contribution in [0.2, 0.25) is 0 Å². The number of benzene rings is 2. The van der Waals surface area contributed by atoms with Crippen LogP contribution in [0.15, 0.2) is 58.5 Å². The lowest BCUT2D eigenvalue weighted by Crippen LogP contribution is -2.35. The number of nitrogens with one attached hydrogen (secondary N) is 2. The Morgan fingerprint density at radius 3 is 2.85 bits per heavy atom.